The van der Waals surface area contributed by atoms with Crippen molar-refractivity contribution in [2.24, 2.45) is 0 Å². The lowest BCUT2D eigenvalue weighted by Gasteiger charge is -2.20. The van der Waals surface area contributed by atoms with Gasteiger partial charge in [-0.15, -0.1) is 0 Å². The van der Waals surface area contributed by atoms with Gasteiger partial charge in [-0.05, 0) is 49.4 Å². The van der Waals surface area contributed by atoms with E-state index in [-0.39, 0.29) is 11.9 Å². The van der Waals surface area contributed by atoms with Crippen LogP contribution in [-0.2, 0) is 6.42 Å². The number of nitrogens with one attached hydrogen (secondary N) is 1. The highest BCUT2D eigenvalue weighted by Gasteiger charge is 2.17. The van der Waals surface area contributed by atoms with Gasteiger partial charge in [0.2, 0.25) is 0 Å². The van der Waals surface area contributed by atoms with Gasteiger partial charge in [-0.1, -0.05) is 33.6 Å². The highest BCUT2D eigenvalue weighted by molar-refractivity contribution is 9.10. The summed E-state index contributed by atoms with van der Waals surface area (Å²) in [5.74, 6) is 0.502. The summed E-state index contributed by atoms with van der Waals surface area (Å²) >= 11 is 9.37. The van der Waals surface area contributed by atoms with Gasteiger partial charge in [-0.2, -0.15) is 0 Å². The zero-order valence-corrected chi connectivity index (χ0v) is 14.1. The molecule has 112 valence electrons. The van der Waals surface area contributed by atoms with Crippen LogP contribution in [0, 0.1) is 5.82 Å². The standard InChI is InChI=1S/C16H16BrClFNO/c1-20-15(8-10-7-12(18)4-6-14(10)19)13-5-3-11(17)9-16(13)21-2/h3-7,9,15,20H,8H2,1-2H3. The molecule has 0 aliphatic carbocycles. The van der Waals surface area contributed by atoms with Gasteiger partial charge >= 0.3 is 0 Å². The van der Waals surface area contributed by atoms with Crippen LogP contribution in [0.1, 0.15) is 17.2 Å². The van der Waals surface area contributed by atoms with Crippen LogP contribution in [0.25, 0.3) is 0 Å². The van der Waals surface area contributed by atoms with Crippen LogP contribution in [0.3, 0.4) is 0 Å². The van der Waals surface area contributed by atoms with Gasteiger partial charge in [0.25, 0.3) is 0 Å². The lowest BCUT2D eigenvalue weighted by molar-refractivity contribution is 0.400. The Morgan fingerprint density at radius 2 is 2.05 bits per heavy atom. The molecule has 0 amide bonds. The van der Waals surface area contributed by atoms with E-state index in [1.807, 2.05) is 25.2 Å². The van der Waals surface area contributed by atoms with Crippen molar-refractivity contribution in [2.75, 3.05) is 14.2 Å². The van der Waals surface area contributed by atoms with E-state index < -0.39 is 0 Å². The van der Waals surface area contributed by atoms with Gasteiger partial charge < -0.3 is 10.1 Å². The zero-order chi connectivity index (χ0) is 15.4. The second-order valence-corrected chi connectivity index (χ2v) is 6.02. The van der Waals surface area contributed by atoms with Gasteiger partial charge in [0, 0.05) is 21.1 Å². The molecule has 1 N–H and O–H groups in total. The molecular formula is C16H16BrClFNO. The van der Waals surface area contributed by atoms with Crippen molar-refractivity contribution in [3.05, 3.63) is 62.8 Å². The fourth-order valence-corrected chi connectivity index (χ4v) is 2.79. The van der Waals surface area contributed by atoms with E-state index in [4.69, 9.17) is 16.3 Å². The molecule has 0 saturated carbocycles. The summed E-state index contributed by atoms with van der Waals surface area (Å²) in [6.07, 6.45) is 0.487. The molecule has 5 heteroatoms. The maximum absolute atomic E-state index is 13.9. The predicted octanol–water partition coefficient (Wildman–Crippen LogP) is 4.75. The molecular weight excluding hydrogens is 357 g/mol. The van der Waals surface area contributed by atoms with Gasteiger partial charge in [0.05, 0.1) is 7.11 Å². The highest BCUT2D eigenvalue weighted by Crippen LogP contribution is 2.31. The first-order valence-corrected chi connectivity index (χ1v) is 7.67. The van der Waals surface area contributed by atoms with Gasteiger partial charge in [0.15, 0.2) is 0 Å². The van der Waals surface area contributed by atoms with Crippen LogP contribution in [0.5, 0.6) is 5.75 Å². The van der Waals surface area contributed by atoms with Crippen LogP contribution < -0.4 is 10.1 Å². The summed E-state index contributed by atoms with van der Waals surface area (Å²) in [5, 5.41) is 3.73. The van der Waals surface area contributed by atoms with Crippen LogP contribution >= 0.6 is 27.5 Å². The largest absolute Gasteiger partial charge is 0.496 e. The lowest BCUT2D eigenvalue weighted by atomic mass is 9.98. The normalized spacial score (nSPS) is 12.2. The first kappa shape index (κ1) is 16.3. The van der Waals surface area contributed by atoms with E-state index in [1.165, 1.54) is 6.07 Å². The number of halogens is 3. The smallest absolute Gasteiger partial charge is 0.126 e. The molecule has 1 atom stereocenters. The molecule has 0 bridgehead atoms. The summed E-state index contributed by atoms with van der Waals surface area (Å²) in [6.45, 7) is 0. The number of hydrogen-bond donors (Lipinski definition) is 1. The Hall–Kier alpha value is -1.10. The Labute approximate surface area is 137 Å². The van der Waals surface area contributed by atoms with Gasteiger partial charge in [-0.3, -0.25) is 0 Å². The molecule has 2 nitrogen and oxygen atoms in total. The Balaban J connectivity index is 2.34. The first-order chi connectivity index (χ1) is 10.0. The third-order valence-corrected chi connectivity index (χ3v) is 4.08. The summed E-state index contributed by atoms with van der Waals surface area (Å²) in [7, 11) is 3.46. The maximum atomic E-state index is 13.9. The summed E-state index contributed by atoms with van der Waals surface area (Å²) in [6, 6.07) is 10.3. The molecule has 0 fully saturated rings. The van der Waals surface area contributed by atoms with E-state index >= 15 is 0 Å². The van der Waals surface area contributed by atoms with Crippen LogP contribution in [0.4, 0.5) is 4.39 Å². The second kappa shape index (κ2) is 7.25. The molecule has 2 aromatic rings. The van der Waals surface area contributed by atoms with Crippen molar-refractivity contribution in [1.82, 2.24) is 5.32 Å². The predicted molar refractivity (Wildman–Crippen MR) is 87.6 cm³/mol. The van der Waals surface area contributed by atoms with Crippen molar-refractivity contribution in [2.45, 2.75) is 12.5 Å². The van der Waals surface area contributed by atoms with Gasteiger partial charge in [-0.25, -0.2) is 4.39 Å². The quantitative estimate of drug-likeness (QED) is 0.817. The Kier molecular flexibility index (Phi) is 5.62. The lowest BCUT2D eigenvalue weighted by Crippen LogP contribution is -2.20. The van der Waals surface area contributed by atoms with Crippen LogP contribution in [0.15, 0.2) is 40.9 Å². The SMILES string of the molecule is CNC(Cc1cc(Cl)ccc1F)c1ccc(Br)cc1OC. The molecule has 2 rings (SSSR count). The fraction of sp³-hybridized carbons (Fsp3) is 0.250. The Bertz CT molecular complexity index is 636. The van der Waals surface area contributed by atoms with Crippen molar-refractivity contribution < 1.29 is 9.13 Å². The zero-order valence-electron chi connectivity index (χ0n) is 11.8. The minimum absolute atomic E-state index is 0.0685. The Morgan fingerprint density at radius 3 is 2.71 bits per heavy atom. The summed E-state index contributed by atoms with van der Waals surface area (Å²) in [5.41, 5.74) is 1.55. The number of benzene rings is 2. The minimum atomic E-state index is -0.254. The molecule has 0 aliphatic heterocycles. The highest BCUT2D eigenvalue weighted by atomic mass is 79.9. The molecule has 2 aromatic carbocycles. The van der Waals surface area contributed by atoms with Crippen molar-refractivity contribution in [1.29, 1.82) is 0 Å². The van der Waals surface area contributed by atoms with E-state index in [1.54, 1.807) is 19.2 Å². The number of hydrogen-bond acceptors (Lipinski definition) is 2. The fourth-order valence-electron chi connectivity index (χ4n) is 2.26. The average molecular weight is 373 g/mol. The number of likely N-dealkylation sites (N-methyl/N-ethyl adjacent to an activating group) is 1. The molecule has 0 aromatic heterocycles. The Morgan fingerprint density at radius 1 is 1.29 bits per heavy atom. The van der Waals surface area contributed by atoms with Crippen LogP contribution in [0.2, 0.25) is 5.02 Å². The maximum Gasteiger partial charge on any atom is 0.126 e. The molecule has 1 unspecified atom stereocenters. The number of ether oxygens (including phenoxy) is 1. The summed E-state index contributed by atoms with van der Waals surface area (Å²) < 4.78 is 20.3. The molecule has 21 heavy (non-hydrogen) atoms. The van der Waals surface area contributed by atoms with E-state index in [9.17, 15) is 4.39 Å². The average Bonchev–Trinajstić information content (AvgIpc) is 2.48. The molecule has 0 aliphatic rings. The summed E-state index contributed by atoms with van der Waals surface area (Å²) in [4.78, 5) is 0. The third-order valence-electron chi connectivity index (χ3n) is 3.35. The van der Waals surface area contributed by atoms with E-state index in [0.29, 0.717) is 17.0 Å². The van der Waals surface area contributed by atoms with E-state index in [2.05, 4.69) is 21.2 Å². The third kappa shape index (κ3) is 3.96. The number of methoxy groups -OCH3 is 1. The van der Waals surface area contributed by atoms with Crippen molar-refractivity contribution in [3.8, 4) is 5.75 Å². The molecule has 0 radical (unpaired) electrons. The second-order valence-electron chi connectivity index (χ2n) is 4.67. The van der Waals surface area contributed by atoms with Crippen molar-refractivity contribution in [3.63, 3.8) is 0 Å². The van der Waals surface area contributed by atoms with Crippen LogP contribution in [-0.4, -0.2) is 14.2 Å². The minimum Gasteiger partial charge on any atom is -0.496 e. The van der Waals surface area contributed by atoms with Gasteiger partial charge in [0.1, 0.15) is 11.6 Å². The topological polar surface area (TPSA) is 21.3 Å². The van der Waals surface area contributed by atoms with E-state index in [0.717, 1.165) is 15.8 Å². The number of rotatable bonds is 5. The monoisotopic (exact) mass is 371 g/mol. The molecule has 0 saturated heterocycles. The molecule has 0 spiro atoms. The molecule has 0 heterocycles. The van der Waals surface area contributed by atoms with Crippen molar-refractivity contribution >= 4 is 27.5 Å². The first-order valence-electron chi connectivity index (χ1n) is 6.49.